The van der Waals surface area contributed by atoms with Crippen LogP contribution in [-0.4, -0.2) is 39.1 Å². The maximum absolute atomic E-state index is 12.7. The quantitative estimate of drug-likeness (QED) is 0.568. The van der Waals surface area contributed by atoms with Gasteiger partial charge in [0.05, 0.1) is 12.2 Å². The number of nitrogens with zero attached hydrogens (tertiary/aromatic N) is 5. The van der Waals surface area contributed by atoms with E-state index in [0.29, 0.717) is 5.78 Å². The van der Waals surface area contributed by atoms with Crippen LogP contribution in [0.2, 0.25) is 0 Å². The summed E-state index contributed by atoms with van der Waals surface area (Å²) < 4.78 is 1.64. The van der Waals surface area contributed by atoms with Crippen LogP contribution in [0.15, 0.2) is 60.9 Å². The van der Waals surface area contributed by atoms with E-state index in [-0.39, 0.29) is 12.5 Å². The summed E-state index contributed by atoms with van der Waals surface area (Å²) >= 11 is 0. The fourth-order valence-corrected chi connectivity index (χ4v) is 3.20. The molecule has 2 aromatic heterocycles. The standard InChI is InChI=1S/C22H22N6O/c1-15-8-7-11-18(16(15)2)25-20(29)13-27(3)21-12-19(17-9-5-4-6-10-17)26-22-23-14-24-28(21)22/h4-12,14H,13H2,1-3H3,(H,25,29). The van der Waals surface area contributed by atoms with Crippen molar-refractivity contribution in [3.63, 3.8) is 0 Å². The van der Waals surface area contributed by atoms with Gasteiger partial charge in [-0.3, -0.25) is 4.79 Å². The molecule has 2 heterocycles. The second kappa shape index (κ2) is 7.71. The number of amides is 1. The number of nitrogens with one attached hydrogen (secondary N) is 1. The molecule has 0 radical (unpaired) electrons. The zero-order valence-electron chi connectivity index (χ0n) is 16.6. The zero-order valence-corrected chi connectivity index (χ0v) is 16.6. The molecule has 7 nitrogen and oxygen atoms in total. The maximum atomic E-state index is 12.7. The van der Waals surface area contributed by atoms with Crippen molar-refractivity contribution in [3.05, 3.63) is 72.1 Å². The van der Waals surface area contributed by atoms with Crippen LogP contribution in [0.1, 0.15) is 11.1 Å². The second-order valence-corrected chi connectivity index (χ2v) is 6.99. The van der Waals surface area contributed by atoms with E-state index in [9.17, 15) is 4.79 Å². The molecule has 0 atom stereocenters. The molecule has 0 spiro atoms. The van der Waals surface area contributed by atoms with E-state index in [4.69, 9.17) is 0 Å². The Morgan fingerprint density at radius 1 is 1.10 bits per heavy atom. The van der Waals surface area contributed by atoms with Crippen LogP contribution in [0.4, 0.5) is 11.5 Å². The third kappa shape index (κ3) is 3.80. The Bertz CT molecular complexity index is 1170. The van der Waals surface area contributed by atoms with Gasteiger partial charge in [-0.2, -0.15) is 14.6 Å². The molecule has 0 saturated heterocycles. The molecule has 2 aromatic carbocycles. The van der Waals surface area contributed by atoms with Gasteiger partial charge in [0, 0.05) is 24.4 Å². The highest BCUT2D eigenvalue weighted by molar-refractivity contribution is 5.94. The van der Waals surface area contributed by atoms with Crippen LogP contribution in [0.3, 0.4) is 0 Å². The van der Waals surface area contributed by atoms with E-state index < -0.39 is 0 Å². The van der Waals surface area contributed by atoms with E-state index in [2.05, 4.69) is 20.4 Å². The molecular formula is C22H22N6O. The monoisotopic (exact) mass is 386 g/mol. The van der Waals surface area contributed by atoms with Crippen molar-refractivity contribution in [2.75, 3.05) is 23.8 Å². The van der Waals surface area contributed by atoms with Crippen molar-refractivity contribution >= 4 is 23.2 Å². The molecule has 1 N–H and O–H groups in total. The Morgan fingerprint density at radius 3 is 2.69 bits per heavy atom. The maximum Gasteiger partial charge on any atom is 0.254 e. The number of likely N-dealkylation sites (N-methyl/N-ethyl adjacent to an activating group) is 1. The van der Waals surface area contributed by atoms with Crippen molar-refractivity contribution in [3.8, 4) is 11.3 Å². The lowest BCUT2D eigenvalue weighted by Crippen LogP contribution is -2.31. The molecule has 146 valence electrons. The van der Waals surface area contributed by atoms with Crippen LogP contribution in [-0.2, 0) is 4.79 Å². The Hall–Kier alpha value is -3.74. The number of hydrogen-bond donors (Lipinski definition) is 1. The van der Waals surface area contributed by atoms with Crippen LogP contribution < -0.4 is 10.2 Å². The first-order chi connectivity index (χ1) is 14.0. The van der Waals surface area contributed by atoms with Gasteiger partial charge in [0.2, 0.25) is 5.91 Å². The van der Waals surface area contributed by atoms with Gasteiger partial charge in [-0.05, 0) is 31.0 Å². The van der Waals surface area contributed by atoms with Gasteiger partial charge in [0.15, 0.2) is 0 Å². The molecule has 0 aliphatic rings. The Morgan fingerprint density at radius 2 is 1.90 bits per heavy atom. The van der Waals surface area contributed by atoms with Crippen molar-refractivity contribution in [1.82, 2.24) is 19.6 Å². The predicted molar refractivity (Wildman–Crippen MR) is 114 cm³/mol. The first kappa shape index (κ1) is 18.6. The number of fused-ring (bicyclic) bond motifs is 1. The van der Waals surface area contributed by atoms with Gasteiger partial charge in [0.25, 0.3) is 5.78 Å². The third-order valence-electron chi connectivity index (χ3n) is 4.95. The molecular weight excluding hydrogens is 364 g/mol. The van der Waals surface area contributed by atoms with Crippen molar-refractivity contribution < 1.29 is 4.79 Å². The third-order valence-corrected chi connectivity index (χ3v) is 4.95. The fourth-order valence-electron chi connectivity index (χ4n) is 3.20. The summed E-state index contributed by atoms with van der Waals surface area (Å²) in [4.78, 5) is 23.3. The second-order valence-electron chi connectivity index (χ2n) is 6.99. The summed E-state index contributed by atoms with van der Waals surface area (Å²) in [5, 5.41) is 7.26. The average Bonchev–Trinajstić information content (AvgIpc) is 3.20. The van der Waals surface area contributed by atoms with E-state index in [1.54, 1.807) is 4.52 Å². The van der Waals surface area contributed by atoms with E-state index in [1.807, 2.05) is 80.4 Å². The van der Waals surface area contributed by atoms with Crippen LogP contribution in [0.25, 0.3) is 17.0 Å². The minimum atomic E-state index is -0.104. The number of carbonyl (C=O) groups excluding carboxylic acids is 1. The molecule has 0 saturated carbocycles. The molecule has 0 bridgehead atoms. The highest BCUT2D eigenvalue weighted by Gasteiger charge is 2.15. The lowest BCUT2D eigenvalue weighted by Gasteiger charge is -2.20. The smallest absolute Gasteiger partial charge is 0.254 e. The first-order valence-corrected chi connectivity index (χ1v) is 9.36. The lowest BCUT2D eigenvalue weighted by molar-refractivity contribution is -0.114. The molecule has 7 heteroatoms. The molecule has 0 aliphatic heterocycles. The van der Waals surface area contributed by atoms with Gasteiger partial charge in [0.1, 0.15) is 12.1 Å². The number of aryl methyl sites for hydroxylation is 1. The topological polar surface area (TPSA) is 75.4 Å². The fraction of sp³-hybridized carbons (Fsp3) is 0.182. The van der Waals surface area contributed by atoms with E-state index >= 15 is 0 Å². The molecule has 0 fully saturated rings. The number of carbonyl (C=O) groups is 1. The van der Waals surface area contributed by atoms with E-state index in [1.165, 1.54) is 6.33 Å². The summed E-state index contributed by atoms with van der Waals surface area (Å²) in [5.74, 6) is 1.12. The summed E-state index contributed by atoms with van der Waals surface area (Å²) in [7, 11) is 1.86. The average molecular weight is 386 g/mol. The lowest BCUT2D eigenvalue weighted by atomic mass is 10.1. The largest absolute Gasteiger partial charge is 0.350 e. The number of aromatic nitrogens is 4. The number of rotatable bonds is 5. The summed E-state index contributed by atoms with van der Waals surface area (Å²) in [6.07, 6.45) is 1.46. The summed E-state index contributed by atoms with van der Waals surface area (Å²) in [6.45, 7) is 4.20. The van der Waals surface area contributed by atoms with Crippen LogP contribution in [0.5, 0.6) is 0 Å². The highest BCUT2D eigenvalue weighted by atomic mass is 16.2. The molecule has 29 heavy (non-hydrogen) atoms. The van der Waals surface area contributed by atoms with Crippen LogP contribution >= 0.6 is 0 Å². The van der Waals surface area contributed by atoms with Crippen molar-refractivity contribution in [2.24, 2.45) is 0 Å². The summed E-state index contributed by atoms with van der Waals surface area (Å²) in [5.41, 5.74) is 4.80. The van der Waals surface area contributed by atoms with Gasteiger partial charge < -0.3 is 10.2 Å². The minimum Gasteiger partial charge on any atom is -0.350 e. The van der Waals surface area contributed by atoms with Gasteiger partial charge in [-0.15, -0.1) is 0 Å². The van der Waals surface area contributed by atoms with Crippen molar-refractivity contribution in [2.45, 2.75) is 13.8 Å². The minimum absolute atomic E-state index is 0.104. The number of benzene rings is 2. The number of anilines is 2. The molecule has 0 aliphatic carbocycles. The Balaban J connectivity index is 1.61. The SMILES string of the molecule is Cc1cccc(NC(=O)CN(C)c2cc(-c3ccccc3)nc3ncnn23)c1C. The van der Waals surface area contributed by atoms with E-state index in [0.717, 1.165) is 33.9 Å². The van der Waals surface area contributed by atoms with Gasteiger partial charge >= 0.3 is 0 Å². The van der Waals surface area contributed by atoms with Crippen LogP contribution in [0, 0.1) is 13.8 Å². The summed E-state index contributed by atoms with van der Waals surface area (Å²) in [6, 6.07) is 17.7. The predicted octanol–water partition coefficient (Wildman–Crippen LogP) is 3.48. The molecule has 1 amide bonds. The van der Waals surface area contributed by atoms with Gasteiger partial charge in [-0.25, -0.2) is 4.98 Å². The van der Waals surface area contributed by atoms with Crippen molar-refractivity contribution in [1.29, 1.82) is 0 Å². The molecule has 0 unspecified atom stereocenters. The Kier molecular flexibility index (Phi) is 4.95. The van der Waals surface area contributed by atoms with Gasteiger partial charge in [-0.1, -0.05) is 42.5 Å². The highest BCUT2D eigenvalue weighted by Crippen LogP contribution is 2.23. The molecule has 4 rings (SSSR count). The Labute approximate surface area is 169 Å². The first-order valence-electron chi connectivity index (χ1n) is 9.36. The zero-order chi connectivity index (χ0) is 20.4. The molecule has 4 aromatic rings. The number of hydrogen-bond acceptors (Lipinski definition) is 5. The normalized spacial score (nSPS) is 10.9.